The van der Waals surface area contributed by atoms with Gasteiger partial charge in [-0.3, -0.25) is 9.59 Å². The molecule has 3 atom stereocenters. The van der Waals surface area contributed by atoms with Crippen LogP contribution in [0.4, 0.5) is 0 Å². The maximum Gasteiger partial charge on any atom is 0.331 e. The second-order valence-electron chi connectivity index (χ2n) is 9.79. The summed E-state index contributed by atoms with van der Waals surface area (Å²) in [6.07, 6.45) is 24.6. The minimum atomic E-state index is -1.03. The molecule has 1 aliphatic heterocycles. The number of hydrogen-bond donors (Lipinski definition) is 3. The summed E-state index contributed by atoms with van der Waals surface area (Å²) in [6, 6.07) is 0. The Morgan fingerprint density at radius 3 is 2.50 bits per heavy atom. The van der Waals surface area contributed by atoms with Crippen molar-refractivity contribution in [1.29, 1.82) is 0 Å². The van der Waals surface area contributed by atoms with Crippen LogP contribution < -0.4 is 10.6 Å². The number of ether oxygens (including phenoxy) is 1. The molecule has 212 valence electrons. The van der Waals surface area contributed by atoms with E-state index in [2.05, 4.69) is 23.6 Å². The van der Waals surface area contributed by atoms with Gasteiger partial charge in [0, 0.05) is 19.2 Å². The Morgan fingerprint density at radius 1 is 1.03 bits per heavy atom. The molecule has 7 nitrogen and oxygen atoms in total. The van der Waals surface area contributed by atoms with Gasteiger partial charge in [-0.15, -0.1) is 0 Å². The van der Waals surface area contributed by atoms with Crippen LogP contribution in [0.3, 0.4) is 0 Å². The van der Waals surface area contributed by atoms with Crippen LogP contribution in [0, 0.1) is 5.92 Å². The predicted octanol–water partition coefficient (Wildman–Crippen LogP) is 5.23. The quantitative estimate of drug-likeness (QED) is 0.205. The molecular formula is C31H48N2O5. The number of rotatable bonds is 10. The number of allylic oxidation sites excluding steroid dienone is 7. The Labute approximate surface area is 229 Å². The fraction of sp³-hybridized carbons (Fsp3) is 0.581. The number of aliphatic hydroxyl groups is 1. The number of cyclic esters (lactones) is 1. The molecule has 0 aromatic heterocycles. The molecule has 7 heteroatoms. The fourth-order valence-electron chi connectivity index (χ4n) is 3.81. The monoisotopic (exact) mass is 528 g/mol. The Balaban J connectivity index is 2.79. The van der Waals surface area contributed by atoms with Gasteiger partial charge in [-0.2, -0.15) is 0 Å². The first-order valence-corrected chi connectivity index (χ1v) is 14.1. The lowest BCUT2D eigenvalue weighted by atomic mass is 10.0. The van der Waals surface area contributed by atoms with Gasteiger partial charge in [0.1, 0.15) is 6.10 Å². The van der Waals surface area contributed by atoms with Gasteiger partial charge in [0.25, 0.3) is 0 Å². The number of hydrogen-bond acceptors (Lipinski definition) is 5. The Kier molecular flexibility index (Phi) is 18.3. The van der Waals surface area contributed by atoms with E-state index in [1.807, 2.05) is 31.2 Å². The summed E-state index contributed by atoms with van der Waals surface area (Å²) < 4.78 is 5.59. The molecule has 0 fully saturated rings. The highest BCUT2D eigenvalue weighted by Crippen LogP contribution is 2.14. The molecule has 0 spiro atoms. The number of carbonyl (C=O) groups is 3. The highest BCUT2D eigenvalue weighted by Gasteiger charge is 2.24. The molecule has 0 aliphatic carbocycles. The molecule has 0 aromatic carbocycles. The van der Waals surface area contributed by atoms with Crippen LogP contribution in [-0.4, -0.2) is 48.2 Å². The summed E-state index contributed by atoms with van der Waals surface area (Å²) in [6.45, 7) is 6.04. The average Bonchev–Trinajstić information content (AvgIpc) is 2.90. The number of amides is 2. The zero-order chi connectivity index (χ0) is 28.0. The topological polar surface area (TPSA) is 105 Å². The van der Waals surface area contributed by atoms with Crippen molar-refractivity contribution in [3.05, 3.63) is 60.3 Å². The number of esters is 1. The standard InChI is InChI=1S/C31H48N2O5/c1-4-5-6-7-8-9-10-11-14-17-20-25(2)28-23-29(35)33-24-27(34)26(3)31(37)32-22-19-16-13-12-15-18-21-30(36)38-28/h12-18,20-21,26-28,34H,4-11,19,22-24H2,1-3H3,(H,32,37)(H,33,35)/b15-12+,16-13+,17-14+,21-18+,25-20+/t26-,27-,28+/m0/s1. The van der Waals surface area contributed by atoms with E-state index in [0.29, 0.717) is 13.0 Å². The van der Waals surface area contributed by atoms with E-state index in [-0.39, 0.29) is 24.8 Å². The minimum Gasteiger partial charge on any atom is -0.454 e. The summed E-state index contributed by atoms with van der Waals surface area (Å²) in [4.78, 5) is 37.3. The van der Waals surface area contributed by atoms with Gasteiger partial charge >= 0.3 is 5.97 Å². The van der Waals surface area contributed by atoms with E-state index in [1.165, 1.54) is 44.6 Å². The van der Waals surface area contributed by atoms with Gasteiger partial charge in [-0.25, -0.2) is 4.79 Å². The molecule has 0 saturated heterocycles. The van der Waals surface area contributed by atoms with E-state index < -0.39 is 24.1 Å². The second kappa shape index (κ2) is 21.1. The van der Waals surface area contributed by atoms with Crippen LogP contribution in [0.5, 0.6) is 0 Å². The first kappa shape index (κ1) is 33.1. The van der Waals surface area contributed by atoms with Crippen LogP contribution in [0.2, 0.25) is 0 Å². The minimum absolute atomic E-state index is 0.0705. The van der Waals surface area contributed by atoms with E-state index >= 15 is 0 Å². The third-order valence-corrected chi connectivity index (χ3v) is 6.42. The summed E-state index contributed by atoms with van der Waals surface area (Å²) in [5.41, 5.74) is 0.746. The number of aliphatic hydroxyl groups excluding tert-OH is 1. The lowest BCUT2D eigenvalue weighted by Gasteiger charge is -2.21. The van der Waals surface area contributed by atoms with Crippen molar-refractivity contribution < 1.29 is 24.2 Å². The van der Waals surface area contributed by atoms with Crippen molar-refractivity contribution in [2.45, 2.75) is 97.2 Å². The second-order valence-corrected chi connectivity index (χ2v) is 9.79. The van der Waals surface area contributed by atoms with Crippen LogP contribution in [0.15, 0.2) is 60.3 Å². The Morgan fingerprint density at radius 2 is 1.74 bits per heavy atom. The number of carbonyl (C=O) groups excluding carboxylic acids is 3. The third-order valence-electron chi connectivity index (χ3n) is 6.42. The van der Waals surface area contributed by atoms with Gasteiger partial charge in [0.05, 0.1) is 18.4 Å². The van der Waals surface area contributed by atoms with Gasteiger partial charge in [0.2, 0.25) is 11.8 Å². The van der Waals surface area contributed by atoms with Crippen molar-refractivity contribution in [3.8, 4) is 0 Å². The lowest BCUT2D eigenvalue weighted by Crippen LogP contribution is -2.43. The van der Waals surface area contributed by atoms with Crippen LogP contribution in [-0.2, 0) is 19.1 Å². The normalized spacial score (nSPS) is 25.4. The lowest BCUT2D eigenvalue weighted by molar-refractivity contribution is -0.143. The van der Waals surface area contributed by atoms with Crippen molar-refractivity contribution >= 4 is 17.8 Å². The Hall–Kier alpha value is -2.93. The maximum absolute atomic E-state index is 12.6. The summed E-state index contributed by atoms with van der Waals surface area (Å²) >= 11 is 0. The first-order valence-electron chi connectivity index (χ1n) is 14.1. The van der Waals surface area contributed by atoms with Crippen molar-refractivity contribution in [2.75, 3.05) is 13.1 Å². The predicted molar refractivity (Wildman–Crippen MR) is 153 cm³/mol. The third kappa shape index (κ3) is 16.0. The van der Waals surface area contributed by atoms with Crippen molar-refractivity contribution in [1.82, 2.24) is 10.6 Å². The number of unbranched alkanes of at least 4 members (excludes halogenated alkanes) is 7. The zero-order valence-corrected chi connectivity index (χ0v) is 23.5. The van der Waals surface area contributed by atoms with Crippen LogP contribution >= 0.6 is 0 Å². The fourth-order valence-corrected chi connectivity index (χ4v) is 3.81. The summed E-state index contributed by atoms with van der Waals surface area (Å²) in [5, 5.41) is 15.8. The molecular weight excluding hydrogens is 480 g/mol. The van der Waals surface area contributed by atoms with E-state index in [0.717, 1.165) is 18.4 Å². The summed E-state index contributed by atoms with van der Waals surface area (Å²) in [5.74, 6) is -1.87. The molecule has 0 saturated carbocycles. The molecule has 1 rings (SSSR count). The average molecular weight is 529 g/mol. The van der Waals surface area contributed by atoms with Crippen LogP contribution in [0.25, 0.3) is 0 Å². The molecule has 1 heterocycles. The SMILES string of the molecule is CCCCCCCCC/C=C/C=C(\C)[C@H]1CC(=O)NC[C@H](O)[C@H](C)C(=O)NCC/C=C/C=C/C=C/C(=O)O1. The van der Waals surface area contributed by atoms with E-state index in [9.17, 15) is 19.5 Å². The summed E-state index contributed by atoms with van der Waals surface area (Å²) in [7, 11) is 0. The van der Waals surface area contributed by atoms with Gasteiger partial charge in [0.15, 0.2) is 0 Å². The van der Waals surface area contributed by atoms with Gasteiger partial charge in [-0.05, 0) is 31.8 Å². The molecule has 3 N–H and O–H groups in total. The zero-order valence-electron chi connectivity index (χ0n) is 23.5. The van der Waals surface area contributed by atoms with E-state index in [4.69, 9.17) is 4.74 Å². The largest absolute Gasteiger partial charge is 0.454 e. The first-order chi connectivity index (χ1) is 18.3. The van der Waals surface area contributed by atoms with Crippen molar-refractivity contribution in [2.24, 2.45) is 5.92 Å². The number of nitrogens with one attached hydrogen (secondary N) is 2. The Bertz CT molecular complexity index is 856. The molecule has 0 unspecified atom stereocenters. The van der Waals surface area contributed by atoms with E-state index in [1.54, 1.807) is 25.2 Å². The number of β-amino-alcohol motifs (C(OH)–C–C–N with tert-alkyl or cyclic N) is 1. The van der Waals surface area contributed by atoms with Gasteiger partial charge < -0.3 is 20.5 Å². The highest BCUT2D eigenvalue weighted by atomic mass is 16.5. The maximum atomic E-state index is 12.6. The molecule has 0 radical (unpaired) electrons. The molecule has 1 aliphatic rings. The molecule has 2 amide bonds. The highest BCUT2D eigenvalue weighted by molar-refractivity contribution is 5.83. The molecule has 0 bridgehead atoms. The van der Waals surface area contributed by atoms with Crippen molar-refractivity contribution in [3.63, 3.8) is 0 Å². The molecule has 38 heavy (non-hydrogen) atoms. The smallest absolute Gasteiger partial charge is 0.331 e. The van der Waals surface area contributed by atoms with Crippen LogP contribution in [0.1, 0.15) is 85.0 Å². The van der Waals surface area contributed by atoms with Gasteiger partial charge in [-0.1, -0.05) is 101 Å². The molecule has 0 aromatic rings.